The lowest BCUT2D eigenvalue weighted by Crippen LogP contribution is -2.15. The normalized spacial score (nSPS) is 12.4. The van der Waals surface area contributed by atoms with Gasteiger partial charge in [-0.3, -0.25) is 0 Å². The first-order valence-corrected chi connectivity index (χ1v) is 23.9. The Hall–Kier alpha value is -9.53. The molecule has 0 N–H and O–H groups in total. The molecule has 4 aromatic heterocycles. The number of hydrogen-bond donors (Lipinski definition) is 0. The van der Waals surface area contributed by atoms with E-state index in [4.69, 9.17) is 0 Å². The van der Waals surface area contributed by atoms with Gasteiger partial charge in [0.05, 0.1) is 78.3 Å². The highest BCUT2D eigenvalue weighted by Crippen LogP contribution is 2.50. The number of halogens is 6. The van der Waals surface area contributed by atoms with Crippen LogP contribution in [0.15, 0.2) is 212 Å². The molecule has 0 aliphatic heterocycles. The zero-order chi connectivity index (χ0) is 50.2. The van der Waals surface area contributed by atoms with E-state index in [0.717, 1.165) is 88.1 Å². The maximum absolute atomic E-state index is 15.4. The van der Waals surface area contributed by atoms with Crippen LogP contribution in [0.1, 0.15) is 16.7 Å². The SMILES string of the molecule is N#Cc1cc(-n2c3ccccc3c3ccc4c(c5ccccc5n4-c4ccccc4)c32)c(-n2c3ccccc3c3ccc4c(c5ccccc5n4-c4ccccc4)c32)cc1-c1c(C(F)(F)F)cccc1C(F)(F)F. The molecule has 0 bridgehead atoms. The van der Waals surface area contributed by atoms with Crippen molar-refractivity contribution in [2.24, 2.45) is 0 Å². The van der Waals surface area contributed by atoms with Gasteiger partial charge in [-0.1, -0.05) is 127 Å². The van der Waals surface area contributed by atoms with Crippen molar-refractivity contribution in [1.29, 1.82) is 5.26 Å². The largest absolute Gasteiger partial charge is 0.417 e. The summed E-state index contributed by atoms with van der Waals surface area (Å²) in [4.78, 5) is 0. The maximum Gasteiger partial charge on any atom is 0.417 e. The summed E-state index contributed by atoms with van der Waals surface area (Å²) >= 11 is 0. The molecule has 0 spiro atoms. The van der Waals surface area contributed by atoms with Crippen molar-refractivity contribution in [2.75, 3.05) is 0 Å². The second-order valence-electron chi connectivity index (χ2n) is 18.5. The molecule has 0 radical (unpaired) electrons. The fourth-order valence-electron chi connectivity index (χ4n) is 11.8. The number of nitrogens with zero attached hydrogens (tertiary/aromatic N) is 5. The number of rotatable bonds is 5. The van der Waals surface area contributed by atoms with Crippen LogP contribution in [-0.2, 0) is 12.4 Å². The van der Waals surface area contributed by atoms with Crippen LogP contribution in [0.5, 0.6) is 0 Å². The summed E-state index contributed by atoms with van der Waals surface area (Å²) in [7, 11) is 0. The third kappa shape index (κ3) is 6.12. The third-order valence-electron chi connectivity index (χ3n) is 14.6. The molecule has 74 heavy (non-hydrogen) atoms. The number of fused-ring (bicyclic) bond motifs is 14. The van der Waals surface area contributed by atoms with Crippen LogP contribution in [0.4, 0.5) is 26.3 Å². The average molecular weight is 976 g/mol. The van der Waals surface area contributed by atoms with Crippen molar-refractivity contribution in [3.05, 3.63) is 229 Å². The Bertz CT molecular complexity index is 4670. The van der Waals surface area contributed by atoms with Crippen molar-refractivity contribution in [3.63, 3.8) is 0 Å². The lowest BCUT2D eigenvalue weighted by Gasteiger charge is -2.23. The Morgan fingerprint density at radius 1 is 0.338 bits per heavy atom. The molecular formula is C63H35F6N5. The van der Waals surface area contributed by atoms with Crippen molar-refractivity contribution >= 4 is 87.2 Å². The van der Waals surface area contributed by atoms with E-state index >= 15 is 26.3 Å². The number of hydrogen-bond acceptors (Lipinski definition) is 1. The molecule has 14 rings (SSSR count). The predicted octanol–water partition coefficient (Wildman–Crippen LogP) is 17.7. The second-order valence-corrected chi connectivity index (χ2v) is 18.5. The van der Waals surface area contributed by atoms with Gasteiger partial charge in [0.2, 0.25) is 0 Å². The van der Waals surface area contributed by atoms with Crippen LogP contribution < -0.4 is 0 Å². The van der Waals surface area contributed by atoms with Crippen LogP contribution in [0, 0.1) is 11.3 Å². The molecule has 4 heterocycles. The van der Waals surface area contributed by atoms with Gasteiger partial charge >= 0.3 is 12.4 Å². The number of nitriles is 1. The van der Waals surface area contributed by atoms with Crippen LogP contribution >= 0.6 is 0 Å². The van der Waals surface area contributed by atoms with E-state index in [-0.39, 0.29) is 11.3 Å². The van der Waals surface area contributed by atoms with Gasteiger partial charge in [0, 0.05) is 65.6 Å². The Balaban J connectivity index is 1.24. The number of aromatic nitrogens is 4. The van der Waals surface area contributed by atoms with Gasteiger partial charge in [-0.05, 0) is 84.9 Å². The molecule has 0 amide bonds. The molecule has 0 aliphatic rings. The van der Waals surface area contributed by atoms with E-state index in [1.165, 1.54) is 12.1 Å². The quantitative estimate of drug-likeness (QED) is 0.159. The number of benzene rings is 10. The van der Waals surface area contributed by atoms with Gasteiger partial charge in [-0.25, -0.2) is 0 Å². The third-order valence-corrected chi connectivity index (χ3v) is 14.6. The van der Waals surface area contributed by atoms with E-state index < -0.39 is 34.6 Å². The first-order valence-electron chi connectivity index (χ1n) is 23.9. The molecule has 11 heteroatoms. The van der Waals surface area contributed by atoms with Crippen molar-refractivity contribution in [2.45, 2.75) is 12.4 Å². The molecule has 5 nitrogen and oxygen atoms in total. The van der Waals surface area contributed by atoms with Crippen LogP contribution in [0.3, 0.4) is 0 Å². The molecule has 14 aromatic rings. The van der Waals surface area contributed by atoms with E-state index in [1.807, 2.05) is 161 Å². The molecule has 10 aromatic carbocycles. The number of para-hydroxylation sites is 6. The summed E-state index contributed by atoms with van der Waals surface area (Å²) in [6.07, 6.45) is -10.5. The highest BCUT2D eigenvalue weighted by atomic mass is 19.4. The molecule has 0 aliphatic carbocycles. The fraction of sp³-hybridized carbons (Fsp3) is 0.0317. The lowest BCUT2D eigenvalue weighted by molar-refractivity contribution is -0.142. The minimum Gasteiger partial charge on any atom is -0.309 e. The summed E-state index contributed by atoms with van der Waals surface area (Å²) < 4.78 is 101. The lowest BCUT2D eigenvalue weighted by atomic mass is 9.89. The molecule has 354 valence electrons. The molecule has 0 saturated heterocycles. The minimum absolute atomic E-state index is 0.255. The van der Waals surface area contributed by atoms with E-state index in [2.05, 4.69) is 45.5 Å². The topological polar surface area (TPSA) is 43.5 Å². The van der Waals surface area contributed by atoms with Crippen molar-refractivity contribution in [1.82, 2.24) is 18.3 Å². The van der Waals surface area contributed by atoms with Gasteiger partial charge in [0.25, 0.3) is 0 Å². The van der Waals surface area contributed by atoms with Gasteiger partial charge in [-0.2, -0.15) is 31.6 Å². The van der Waals surface area contributed by atoms with Gasteiger partial charge in [-0.15, -0.1) is 0 Å². The van der Waals surface area contributed by atoms with E-state index in [1.54, 1.807) is 0 Å². The molecule has 0 atom stereocenters. The van der Waals surface area contributed by atoms with Gasteiger partial charge in [0.1, 0.15) is 0 Å². The first-order chi connectivity index (χ1) is 36.0. The Morgan fingerprint density at radius 2 is 0.716 bits per heavy atom. The minimum atomic E-state index is -5.23. The Kier molecular flexibility index (Phi) is 9.20. The van der Waals surface area contributed by atoms with E-state index in [0.29, 0.717) is 34.4 Å². The van der Waals surface area contributed by atoms with Crippen LogP contribution in [0.25, 0.3) is 121 Å². The second kappa shape index (κ2) is 15.7. The molecular weight excluding hydrogens is 941 g/mol. The fourth-order valence-corrected chi connectivity index (χ4v) is 11.8. The zero-order valence-electron chi connectivity index (χ0n) is 38.7. The van der Waals surface area contributed by atoms with E-state index in [9.17, 15) is 5.26 Å². The van der Waals surface area contributed by atoms with Gasteiger partial charge < -0.3 is 18.3 Å². The van der Waals surface area contributed by atoms with Crippen molar-refractivity contribution < 1.29 is 26.3 Å². The summed E-state index contributed by atoms with van der Waals surface area (Å²) in [5, 5.41) is 18.1. The average Bonchev–Trinajstić information content (AvgIpc) is 4.17. The molecule has 0 fully saturated rings. The molecule has 0 saturated carbocycles. The highest BCUT2D eigenvalue weighted by molar-refractivity contribution is 6.28. The summed E-state index contributed by atoms with van der Waals surface area (Å²) in [5.74, 6) is 0. The smallest absolute Gasteiger partial charge is 0.309 e. The monoisotopic (exact) mass is 975 g/mol. The standard InChI is InChI=1S/C63H35F6N5/c64-62(65,66)47-24-15-25-48(63(67,68)69)57(47)46-35-56(74-50-27-12-8-21-41(50)43-31-33-54-59(61(43)74)45-23-10-14-29-52(45)72(54)39-18-5-2-6-19-39)55(34-37(46)36-70)73-49-26-11-7-20-40(49)42-30-32-53-58(60(42)73)44-22-9-13-28-51(44)71(53)38-16-3-1-4-17-38/h1-35H. The Labute approximate surface area is 416 Å². The van der Waals surface area contributed by atoms with Gasteiger partial charge in [0.15, 0.2) is 0 Å². The predicted molar refractivity (Wildman–Crippen MR) is 284 cm³/mol. The summed E-state index contributed by atoms with van der Waals surface area (Å²) in [6, 6.07) is 66.7. The summed E-state index contributed by atoms with van der Waals surface area (Å²) in [5.41, 5.74) is 3.71. The zero-order valence-corrected chi connectivity index (χ0v) is 38.7. The molecule has 0 unspecified atom stereocenters. The summed E-state index contributed by atoms with van der Waals surface area (Å²) in [6.45, 7) is 0. The maximum atomic E-state index is 15.4. The van der Waals surface area contributed by atoms with Crippen LogP contribution in [0.2, 0.25) is 0 Å². The van der Waals surface area contributed by atoms with Crippen LogP contribution in [-0.4, -0.2) is 18.3 Å². The van der Waals surface area contributed by atoms with Crippen molar-refractivity contribution in [3.8, 4) is 39.9 Å². The number of alkyl halides is 6. The highest BCUT2D eigenvalue weighted by Gasteiger charge is 2.42. The first kappa shape index (κ1) is 43.3. The Morgan fingerprint density at radius 3 is 1.14 bits per heavy atom.